The van der Waals surface area contributed by atoms with Crippen LogP contribution in [0.4, 0.5) is 5.95 Å². The van der Waals surface area contributed by atoms with E-state index in [2.05, 4.69) is 15.2 Å². The Morgan fingerprint density at radius 1 is 1.26 bits per heavy atom. The number of nitrogens with zero attached hydrogens (tertiary/aromatic N) is 4. The van der Waals surface area contributed by atoms with E-state index in [4.69, 9.17) is 21.8 Å². The standard InChI is InChI=1S/C15H16ClN5OS/c1-8-12(10-4-6-11(16)7-5-10)22-13(18-8)9(2)23-15-20-19-14(17)21(15)3/h4-7,9H,1-3H3,(H2,17,19). The van der Waals surface area contributed by atoms with E-state index in [1.807, 2.05) is 45.2 Å². The smallest absolute Gasteiger partial charge is 0.222 e. The summed E-state index contributed by atoms with van der Waals surface area (Å²) in [5.41, 5.74) is 7.49. The molecule has 6 nitrogen and oxygen atoms in total. The van der Waals surface area contributed by atoms with E-state index in [9.17, 15) is 0 Å². The summed E-state index contributed by atoms with van der Waals surface area (Å²) in [6.07, 6.45) is 0. The normalized spacial score (nSPS) is 12.5. The molecule has 8 heteroatoms. The van der Waals surface area contributed by atoms with Gasteiger partial charge in [0.25, 0.3) is 0 Å². The number of thioether (sulfide) groups is 1. The molecule has 0 saturated carbocycles. The van der Waals surface area contributed by atoms with Crippen molar-refractivity contribution >= 4 is 29.3 Å². The molecule has 1 atom stereocenters. The van der Waals surface area contributed by atoms with Crippen molar-refractivity contribution in [2.75, 3.05) is 5.73 Å². The molecule has 0 spiro atoms. The van der Waals surface area contributed by atoms with Gasteiger partial charge in [0.2, 0.25) is 11.8 Å². The molecule has 2 heterocycles. The quantitative estimate of drug-likeness (QED) is 0.720. The second-order valence-electron chi connectivity index (χ2n) is 5.13. The van der Waals surface area contributed by atoms with Crippen LogP contribution in [0.5, 0.6) is 0 Å². The first-order valence-corrected chi connectivity index (χ1v) is 8.26. The zero-order chi connectivity index (χ0) is 16.6. The van der Waals surface area contributed by atoms with E-state index in [-0.39, 0.29) is 5.25 Å². The maximum absolute atomic E-state index is 5.96. The molecule has 120 valence electrons. The molecular formula is C15H16ClN5OS. The Kier molecular flexibility index (Phi) is 4.32. The molecule has 0 saturated heterocycles. The first-order chi connectivity index (χ1) is 11.0. The number of hydrogen-bond acceptors (Lipinski definition) is 6. The predicted molar refractivity (Wildman–Crippen MR) is 91.4 cm³/mol. The Balaban J connectivity index is 1.85. The van der Waals surface area contributed by atoms with Crippen molar-refractivity contribution in [3.05, 3.63) is 40.9 Å². The molecule has 2 N–H and O–H groups in total. The summed E-state index contributed by atoms with van der Waals surface area (Å²) in [6.45, 7) is 3.93. The van der Waals surface area contributed by atoms with Gasteiger partial charge < -0.3 is 10.2 Å². The largest absolute Gasteiger partial charge is 0.439 e. The van der Waals surface area contributed by atoms with Gasteiger partial charge in [-0.2, -0.15) is 0 Å². The second-order valence-corrected chi connectivity index (χ2v) is 6.88. The Hall–Kier alpha value is -1.99. The van der Waals surface area contributed by atoms with Crippen LogP contribution in [0.15, 0.2) is 33.8 Å². The highest BCUT2D eigenvalue weighted by molar-refractivity contribution is 7.99. The molecule has 0 bridgehead atoms. The van der Waals surface area contributed by atoms with Crippen molar-refractivity contribution in [2.24, 2.45) is 7.05 Å². The third kappa shape index (κ3) is 3.20. The maximum Gasteiger partial charge on any atom is 0.222 e. The average Bonchev–Trinajstić information content (AvgIpc) is 3.06. The van der Waals surface area contributed by atoms with Crippen LogP contribution >= 0.6 is 23.4 Å². The Labute approximate surface area is 143 Å². The number of rotatable bonds is 4. The summed E-state index contributed by atoms with van der Waals surface area (Å²) in [6, 6.07) is 7.50. The lowest BCUT2D eigenvalue weighted by molar-refractivity contribution is 0.509. The van der Waals surface area contributed by atoms with Crippen LogP contribution in [-0.2, 0) is 7.05 Å². The molecule has 0 aliphatic carbocycles. The van der Waals surface area contributed by atoms with Crippen molar-refractivity contribution in [2.45, 2.75) is 24.3 Å². The molecule has 0 amide bonds. The number of nitrogen functional groups attached to an aromatic ring is 1. The van der Waals surface area contributed by atoms with Crippen molar-refractivity contribution in [3.63, 3.8) is 0 Å². The van der Waals surface area contributed by atoms with E-state index < -0.39 is 0 Å². The lowest BCUT2D eigenvalue weighted by Gasteiger charge is -2.06. The monoisotopic (exact) mass is 349 g/mol. The highest BCUT2D eigenvalue weighted by Crippen LogP contribution is 2.36. The van der Waals surface area contributed by atoms with Gasteiger partial charge in [-0.05, 0) is 38.1 Å². The highest BCUT2D eigenvalue weighted by Gasteiger charge is 2.20. The maximum atomic E-state index is 5.96. The number of benzene rings is 1. The third-order valence-electron chi connectivity index (χ3n) is 3.42. The fraction of sp³-hybridized carbons (Fsp3) is 0.267. The van der Waals surface area contributed by atoms with Gasteiger partial charge in [0.1, 0.15) is 0 Å². The van der Waals surface area contributed by atoms with Gasteiger partial charge in [-0.1, -0.05) is 23.4 Å². The molecule has 1 aromatic carbocycles. The molecule has 1 unspecified atom stereocenters. The number of anilines is 1. The van der Waals surface area contributed by atoms with Crippen LogP contribution in [-0.4, -0.2) is 19.7 Å². The number of nitrogens with two attached hydrogens (primary N) is 1. The fourth-order valence-corrected chi connectivity index (χ4v) is 3.08. The van der Waals surface area contributed by atoms with Crippen molar-refractivity contribution < 1.29 is 4.42 Å². The number of halogens is 1. The van der Waals surface area contributed by atoms with Gasteiger partial charge in [-0.3, -0.25) is 4.57 Å². The second kappa shape index (κ2) is 6.25. The number of aromatic nitrogens is 4. The molecule has 0 aliphatic heterocycles. The summed E-state index contributed by atoms with van der Waals surface area (Å²) >= 11 is 7.42. The van der Waals surface area contributed by atoms with Crippen LogP contribution in [0.25, 0.3) is 11.3 Å². The minimum atomic E-state index is -0.0166. The van der Waals surface area contributed by atoms with Gasteiger partial charge in [0.15, 0.2) is 10.9 Å². The molecule has 0 fully saturated rings. The van der Waals surface area contributed by atoms with E-state index in [0.717, 1.165) is 22.2 Å². The predicted octanol–water partition coefficient (Wildman–Crippen LogP) is 3.87. The van der Waals surface area contributed by atoms with E-state index in [0.29, 0.717) is 16.9 Å². The summed E-state index contributed by atoms with van der Waals surface area (Å²) in [4.78, 5) is 4.53. The van der Waals surface area contributed by atoms with E-state index >= 15 is 0 Å². The topological polar surface area (TPSA) is 82.8 Å². The minimum absolute atomic E-state index is 0.0166. The van der Waals surface area contributed by atoms with Gasteiger partial charge in [-0.25, -0.2) is 4.98 Å². The summed E-state index contributed by atoms with van der Waals surface area (Å²) in [5.74, 6) is 1.77. The van der Waals surface area contributed by atoms with Gasteiger partial charge in [0, 0.05) is 17.6 Å². The van der Waals surface area contributed by atoms with Crippen molar-refractivity contribution in [1.29, 1.82) is 0 Å². The third-order valence-corrected chi connectivity index (χ3v) is 4.79. The van der Waals surface area contributed by atoms with Crippen LogP contribution in [0, 0.1) is 6.92 Å². The Bertz CT molecular complexity index is 827. The molecule has 2 aromatic heterocycles. The van der Waals surface area contributed by atoms with E-state index in [1.54, 1.807) is 4.57 Å². The minimum Gasteiger partial charge on any atom is -0.439 e. The molecular weight excluding hydrogens is 334 g/mol. The van der Waals surface area contributed by atoms with Gasteiger partial charge >= 0.3 is 0 Å². The Morgan fingerprint density at radius 2 is 1.96 bits per heavy atom. The summed E-state index contributed by atoms with van der Waals surface area (Å²) in [7, 11) is 1.82. The van der Waals surface area contributed by atoms with E-state index in [1.165, 1.54) is 11.8 Å². The number of aryl methyl sites for hydroxylation is 1. The van der Waals surface area contributed by atoms with Gasteiger partial charge in [-0.15, -0.1) is 10.2 Å². The molecule has 0 radical (unpaired) electrons. The molecule has 3 aromatic rings. The fourth-order valence-electron chi connectivity index (χ4n) is 2.10. The van der Waals surface area contributed by atoms with Crippen LogP contribution in [0.3, 0.4) is 0 Å². The van der Waals surface area contributed by atoms with Gasteiger partial charge in [0.05, 0.1) is 10.9 Å². The van der Waals surface area contributed by atoms with Crippen LogP contribution in [0.2, 0.25) is 5.02 Å². The average molecular weight is 350 g/mol. The lowest BCUT2D eigenvalue weighted by atomic mass is 10.1. The van der Waals surface area contributed by atoms with Crippen LogP contribution < -0.4 is 5.73 Å². The molecule has 23 heavy (non-hydrogen) atoms. The summed E-state index contributed by atoms with van der Waals surface area (Å²) < 4.78 is 7.69. The number of hydrogen-bond donors (Lipinski definition) is 1. The Morgan fingerprint density at radius 3 is 2.57 bits per heavy atom. The molecule has 3 rings (SSSR count). The van der Waals surface area contributed by atoms with Crippen molar-refractivity contribution in [1.82, 2.24) is 19.7 Å². The zero-order valence-electron chi connectivity index (χ0n) is 12.9. The molecule has 0 aliphatic rings. The first kappa shape index (κ1) is 15.9. The van der Waals surface area contributed by atoms with Crippen molar-refractivity contribution in [3.8, 4) is 11.3 Å². The highest BCUT2D eigenvalue weighted by atomic mass is 35.5. The number of oxazole rings is 1. The zero-order valence-corrected chi connectivity index (χ0v) is 14.5. The van der Waals surface area contributed by atoms with Crippen LogP contribution in [0.1, 0.15) is 23.8 Å². The SMILES string of the molecule is Cc1nc(C(C)Sc2nnc(N)n2C)oc1-c1ccc(Cl)cc1. The lowest BCUT2D eigenvalue weighted by Crippen LogP contribution is -1.99. The summed E-state index contributed by atoms with van der Waals surface area (Å²) in [5, 5.41) is 9.29. The first-order valence-electron chi connectivity index (χ1n) is 7.00.